The third kappa shape index (κ3) is 3.30. The Kier molecular flexibility index (Phi) is 4.65. The Labute approximate surface area is 174 Å². The summed E-state index contributed by atoms with van der Waals surface area (Å²) in [4.78, 5) is 20.1. The van der Waals surface area contributed by atoms with Gasteiger partial charge in [0.2, 0.25) is 0 Å². The summed E-state index contributed by atoms with van der Waals surface area (Å²) in [7, 11) is 0. The van der Waals surface area contributed by atoms with Crippen LogP contribution in [-0.4, -0.2) is 32.7 Å². The molecule has 1 atom stereocenters. The second kappa shape index (κ2) is 7.48. The van der Waals surface area contributed by atoms with Crippen LogP contribution in [0.5, 0.6) is 0 Å². The number of fused-ring (bicyclic) bond motifs is 2. The molecule has 0 bridgehead atoms. The first kappa shape index (κ1) is 18.7. The van der Waals surface area contributed by atoms with Crippen molar-refractivity contribution >= 4 is 28.1 Å². The molecular weight excluding hydrogens is 376 g/mol. The average molecular weight is 403 g/mol. The van der Waals surface area contributed by atoms with Crippen LogP contribution in [0.1, 0.15) is 43.4 Å². The van der Waals surface area contributed by atoms with Crippen molar-refractivity contribution in [1.29, 1.82) is 0 Å². The molecule has 0 aliphatic carbocycles. The molecule has 7 nitrogen and oxygen atoms in total. The molecule has 1 unspecified atom stereocenters. The molecule has 1 aliphatic heterocycles. The van der Waals surface area contributed by atoms with Gasteiger partial charge in [-0.3, -0.25) is 14.3 Å². The van der Waals surface area contributed by atoms with Crippen LogP contribution in [0.15, 0.2) is 47.5 Å². The minimum atomic E-state index is -0.0442. The van der Waals surface area contributed by atoms with E-state index in [1.165, 1.54) is 6.42 Å². The van der Waals surface area contributed by atoms with E-state index < -0.39 is 0 Å². The van der Waals surface area contributed by atoms with E-state index in [2.05, 4.69) is 33.4 Å². The first-order valence-electron chi connectivity index (χ1n) is 10.6. The van der Waals surface area contributed by atoms with Crippen LogP contribution in [0.2, 0.25) is 0 Å². The monoisotopic (exact) mass is 402 g/mol. The normalized spacial score (nSPS) is 15.6. The molecule has 0 saturated carbocycles. The van der Waals surface area contributed by atoms with Crippen LogP contribution in [0.25, 0.3) is 16.6 Å². The lowest BCUT2D eigenvalue weighted by Crippen LogP contribution is -2.32. The second-order valence-electron chi connectivity index (χ2n) is 8.17. The molecule has 30 heavy (non-hydrogen) atoms. The number of aryl methyl sites for hydroxylation is 1. The summed E-state index contributed by atoms with van der Waals surface area (Å²) in [6, 6.07) is 9.82. The number of pyridine rings is 1. The Morgan fingerprint density at radius 3 is 2.83 bits per heavy atom. The quantitative estimate of drug-likeness (QED) is 0.539. The van der Waals surface area contributed by atoms with Crippen LogP contribution in [0.4, 0.5) is 11.5 Å². The van der Waals surface area contributed by atoms with E-state index in [1.54, 1.807) is 10.5 Å². The van der Waals surface area contributed by atoms with Gasteiger partial charge >= 0.3 is 0 Å². The summed E-state index contributed by atoms with van der Waals surface area (Å²) in [5.41, 5.74) is 4.66. The van der Waals surface area contributed by atoms with Crippen molar-refractivity contribution in [1.82, 2.24) is 19.6 Å². The van der Waals surface area contributed by atoms with Gasteiger partial charge in [-0.2, -0.15) is 5.10 Å². The van der Waals surface area contributed by atoms with E-state index in [4.69, 9.17) is 4.98 Å². The maximum atomic E-state index is 12.9. The number of nitrogens with one attached hydrogen (secondary N) is 2. The van der Waals surface area contributed by atoms with E-state index in [1.807, 2.05) is 37.5 Å². The number of hydrogen-bond acceptors (Lipinski definition) is 5. The number of hydrogen-bond donors (Lipinski definition) is 2. The van der Waals surface area contributed by atoms with Crippen molar-refractivity contribution < 1.29 is 0 Å². The molecule has 154 valence electrons. The van der Waals surface area contributed by atoms with E-state index in [9.17, 15) is 4.79 Å². The highest BCUT2D eigenvalue weighted by Gasteiger charge is 2.18. The minimum absolute atomic E-state index is 0.0339. The Balaban J connectivity index is 1.59. The first-order chi connectivity index (χ1) is 14.6. The number of anilines is 2. The lowest BCUT2D eigenvalue weighted by atomic mass is 10.1. The zero-order valence-corrected chi connectivity index (χ0v) is 17.4. The van der Waals surface area contributed by atoms with Crippen molar-refractivity contribution in [2.45, 2.75) is 39.2 Å². The van der Waals surface area contributed by atoms with Gasteiger partial charge in [0.1, 0.15) is 11.5 Å². The fraction of sp³-hybridized carbons (Fsp3) is 0.348. The van der Waals surface area contributed by atoms with Crippen LogP contribution >= 0.6 is 0 Å². The molecular formula is C23H26N6O. The van der Waals surface area contributed by atoms with Gasteiger partial charge in [0.15, 0.2) is 0 Å². The SMILES string of the molecule is Cc1cc(C(C)Nc2cccc3cn[nH]c23)c2nc(N3CCCCC3)cc(=O)n2c1. The fourth-order valence-corrected chi connectivity index (χ4v) is 4.36. The van der Waals surface area contributed by atoms with Crippen LogP contribution in [0.3, 0.4) is 0 Å². The molecule has 3 aromatic heterocycles. The predicted octanol–water partition coefficient (Wildman–Crippen LogP) is 4.04. The molecule has 1 fully saturated rings. The lowest BCUT2D eigenvalue weighted by molar-refractivity contribution is 0.573. The van der Waals surface area contributed by atoms with Gasteiger partial charge in [-0.25, -0.2) is 4.98 Å². The van der Waals surface area contributed by atoms with Gasteiger partial charge in [-0.15, -0.1) is 0 Å². The summed E-state index contributed by atoms with van der Waals surface area (Å²) in [6.07, 6.45) is 7.23. The number of para-hydroxylation sites is 1. The van der Waals surface area contributed by atoms with Crippen molar-refractivity contribution in [3.63, 3.8) is 0 Å². The summed E-state index contributed by atoms with van der Waals surface area (Å²) in [5.74, 6) is 0.785. The first-order valence-corrected chi connectivity index (χ1v) is 10.6. The molecule has 0 spiro atoms. The van der Waals surface area contributed by atoms with Crippen molar-refractivity contribution in [2.75, 3.05) is 23.3 Å². The van der Waals surface area contributed by atoms with Gasteiger partial charge in [-0.05, 0) is 50.8 Å². The highest BCUT2D eigenvalue weighted by Crippen LogP contribution is 2.28. The number of piperidine rings is 1. The second-order valence-corrected chi connectivity index (χ2v) is 8.17. The molecule has 0 amide bonds. The fourth-order valence-electron chi connectivity index (χ4n) is 4.36. The third-order valence-corrected chi connectivity index (χ3v) is 5.91. The number of nitrogens with zero attached hydrogens (tertiary/aromatic N) is 4. The topological polar surface area (TPSA) is 78.3 Å². The summed E-state index contributed by atoms with van der Waals surface area (Å²) < 4.78 is 1.67. The summed E-state index contributed by atoms with van der Waals surface area (Å²) >= 11 is 0. The van der Waals surface area contributed by atoms with Gasteiger partial charge in [0, 0.05) is 36.3 Å². The standard InChI is InChI=1S/C23H26N6O/c1-15-11-18(16(2)25-19-8-6-7-17-13-24-27-22(17)19)23-26-20(12-21(30)29(23)14-15)28-9-4-3-5-10-28/h6-8,11-14,16,25H,3-5,9-10H2,1-2H3,(H,24,27). The highest BCUT2D eigenvalue weighted by molar-refractivity contribution is 5.90. The van der Waals surface area contributed by atoms with Crippen LogP contribution in [-0.2, 0) is 0 Å². The smallest absolute Gasteiger partial charge is 0.259 e. The number of rotatable bonds is 4. The Morgan fingerprint density at radius 1 is 1.17 bits per heavy atom. The van der Waals surface area contributed by atoms with E-state index >= 15 is 0 Å². The van der Waals surface area contributed by atoms with Crippen LogP contribution in [0, 0.1) is 6.92 Å². The summed E-state index contributed by atoms with van der Waals surface area (Å²) in [6.45, 7) is 6.03. The van der Waals surface area contributed by atoms with Crippen LogP contribution < -0.4 is 15.8 Å². The largest absolute Gasteiger partial charge is 0.377 e. The zero-order chi connectivity index (χ0) is 20.7. The molecule has 1 aromatic carbocycles. The van der Waals surface area contributed by atoms with E-state index in [0.29, 0.717) is 5.65 Å². The van der Waals surface area contributed by atoms with E-state index in [0.717, 1.165) is 59.5 Å². The third-order valence-electron chi connectivity index (χ3n) is 5.91. The van der Waals surface area contributed by atoms with Gasteiger partial charge in [0.25, 0.3) is 5.56 Å². The molecule has 7 heteroatoms. The number of H-pyrrole nitrogens is 1. The lowest BCUT2D eigenvalue weighted by Gasteiger charge is -2.28. The van der Waals surface area contributed by atoms with Gasteiger partial charge in [0.05, 0.1) is 23.4 Å². The maximum absolute atomic E-state index is 12.9. The predicted molar refractivity (Wildman–Crippen MR) is 120 cm³/mol. The van der Waals surface area contributed by atoms with Gasteiger partial charge < -0.3 is 10.2 Å². The molecule has 5 rings (SSSR count). The molecule has 4 aromatic rings. The van der Waals surface area contributed by atoms with Crippen molar-refractivity contribution in [3.05, 3.63) is 64.2 Å². The molecule has 4 heterocycles. The molecule has 2 N–H and O–H groups in total. The summed E-state index contributed by atoms with van der Waals surface area (Å²) in [5, 5.41) is 11.9. The number of benzene rings is 1. The Bertz CT molecular complexity index is 1270. The van der Waals surface area contributed by atoms with E-state index in [-0.39, 0.29) is 11.6 Å². The van der Waals surface area contributed by atoms with Crippen molar-refractivity contribution in [3.8, 4) is 0 Å². The minimum Gasteiger partial charge on any atom is -0.377 e. The maximum Gasteiger partial charge on any atom is 0.259 e. The zero-order valence-electron chi connectivity index (χ0n) is 17.4. The Hall–Kier alpha value is -3.35. The molecule has 1 aliphatic rings. The number of aromatic nitrogens is 4. The Morgan fingerprint density at radius 2 is 2.00 bits per heavy atom. The highest BCUT2D eigenvalue weighted by atomic mass is 16.1. The average Bonchev–Trinajstić information content (AvgIpc) is 3.24. The number of aromatic amines is 1. The molecule has 0 radical (unpaired) electrons. The van der Waals surface area contributed by atoms with Crippen molar-refractivity contribution in [2.24, 2.45) is 0 Å². The molecule has 1 saturated heterocycles. The van der Waals surface area contributed by atoms with Gasteiger partial charge in [-0.1, -0.05) is 12.1 Å².